The normalized spacial score (nSPS) is 11.9. The van der Waals surface area contributed by atoms with Crippen molar-refractivity contribution in [2.24, 2.45) is 5.92 Å². The first-order valence-electron chi connectivity index (χ1n) is 6.18. The molecule has 5 heteroatoms. The Labute approximate surface area is 112 Å². The van der Waals surface area contributed by atoms with Crippen LogP contribution >= 0.6 is 0 Å². The van der Waals surface area contributed by atoms with Gasteiger partial charge in [0.15, 0.2) is 6.61 Å². The van der Waals surface area contributed by atoms with Crippen LogP contribution in [0.2, 0.25) is 0 Å². The third kappa shape index (κ3) is 5.90. The van der Waals surface area contributed by atoms with Crippen LogP contribution in [0.3, 0.4) is 0 Å². The molecule has 0 saturated carbocycles. The van der Waals surface area contributed by atoms with E-state index in [-0.39, 0.29) is 30.9 Å². The average molecular weight is 265 g/mol. The van der Waals surface area contributed by atoms with Gasteiger partial charge in [-0.3, -0.25) is 9.59 Å². The van der Waals surface area contributed by atoms with Crippen molar-refractivity contribution in [3.05, 3.63) is 30.3 Å². The zero-order chi connectivity index (χ0) is 14.3. The summed E-state index contributed by atoms with van der Waals surface area (Å²) in [7, 11) is 0. The molecule has 0 heterocycles. The molecule has 2 N–H and O–H groups in total. The summed E-state index contributed by atoms with van der Waals surface area (Å²) in [4.78, 5) is 22.4. The summed E-state index contributed by atoms with van der Waals surface area (Å²) < 4.78 is 5.29. The van der Waals surface area contributed by atoms with Crippen LogP contribution in [0.5, 0.6) is 5.75 Å². The third-order valence-corrected chi connectivity index (χ3v) is 2.66. The molecule has 1 aromatic rings. The Morgan fingerprint density at radius 3 is 2.42 bits per heavy atom. The van der Waals surface area contributed by atoms with E-state index in [0.29, 0.717) is 5.75 Å². The number of carboxylic acids is 1. The van der Waals surface area contributed by atoms with Gasteiger partial charge in [0, 0.05) is 6.04 Å². The number of hydrogen-bond acceptors (Lipinski definition) is 3. The highest BCUT2D eigenvalue weighted by Crippen LogP contribution is 2.09. The molecule has 0 aromatic heterocycles. The maximum absolute atomic E-state index is 11.7. The smallest absolute Gasteiger partial charge is 0.305 e. The summed E-state index contributed by atoms with van der Waals surface area (Å²) in [5.41, 5.74) is 0. The molecule has 0 spiro atoms. The number of rotatable bonds is 7. The molecule has 0 bridgehead atoms. The highest BCUT2D eigenvalue weighted by molar-refractivity contribution is 5.78. The van der Waals surface area contributed by atoms with Gasteiger partial charge in [0.25, 0.3) is 5.91 Å². The zero-order valence-electron chi connectivity index (χ0n) is 11.1. The summed E-state index contributed by atoms with van der Waals surface area (Å²) >= 11 is 0. The van der Waals surface area contributed by atoms with E-state index in [0.717, 1.165) is 0 Å². The Morgan fingerprint density at radius 2 is 1.89 bits per heavy atom. The van der Waals surface area contributed by atoms with Crippen molar-refractivity contribution in [1.29, 1.82) is 0 Å². The van der Waals surface area contributed by atoms with Crippen molar-refractivity contribution in [1.82, 2.24) is 5.32 Å². The highest BCUT2D eigenvalue weighted by Gasteiger charge is 2.19. The second-order valence-electron chi connectivity index (χ2n) is 4.62. The Morgan fingerprint density at radius 1 is 1.26 bits per heavy atom. The van der Waals surface area contributed by atoms with E-state index in [1.807, 2.05) is 32.0 Å². The van der Waals surface area contributed by atoms with E-state index < -0.39 is 5.97 Å². The highest BCUT2D eigenvalue weighted by atomic mass is 16.5. The molecule has 0 aliphatic carbocycles. The topological polar surface area (TPSA) is 75.6 Å². The number of para-hydroxylation sites is 1. The van der Waals surface area contributed by atoms with Crippen molar-refractivity contribution in [3.8, 4) is 5.75 Å². The van der Waals surface area contributed by atoms with Gasteiger partial charge in [-0.15, -0.1) is 0 Å². The summed E-state index contributed by atoms with van der Waals surface area (Å²) in [6.45, 7) is 3.62. The van der Waals surface area contributed by atoms with E-state index in [4.69, 9.17) is 9.84 Å². The van der Waals surface area contributed by atoms with Gasteiger partial charge in [-0.2, -0.15) is 0 Å². The van der Waals surface area contributed by atoms with Gasteiger partial charge in [-0.1, -0.05) is 32.0 Å². The monoisotopic (exact) mass is 265 g/mol. The minimum atomic E-state index is -0.928. The minimum absolute atomic E-state index is 0.0526. The van der Waals surface area contributed by atoms with Crippen LogP contribution < -0.4 is 10.1 Å². The molecular formula is C14H19NO4. The van der Waals surface area contributed by atoms with Crippen LogP contribution in [0.15, 0.2) is 30.3 Å². The first-order valence-corrected chi connectivity index (χ1v) is 6.18. The fourth-order valence-corrected chi connectivity index (χ4v) is 1.56. The second kappa shape index (κ2) is 7.41. The zero-order valence-corrected chi connectivity index (χ0v) is 11.1. The van der Waals surface area contributed by atoms with Crippen molar-refractivity contribution in [2.75, 3.05) is 6.61 Å². The Bertz CT molecular complexity index is 417. The van der Waals surface area contributed by atoms with E-state index >= 15 is 0 Å². The molecular weight excluding hydrogens is 246 g/mol. The predicted molar refractivity (Wildman–Crippen MR) is 71.0 cm³/mol. The van der Waals surface area contributed by atoms with Gasteiger partial charge in [-0.25, -0.2) is 0 Å². The summed E-state index contributed by atoms with van der Waals surface area (Å²) in [6.07, 6.45) is -0.0885. The predicted octanol–water partition coefficient (Wildman–Crippen LogP) is 1.68. The number of carboxylic acid groups (broad SMARTS) is 1. The molecule has 1 unspecified atom stereocenters. The van der Waals surface area contributed by atoms with E-state index in [1.54, 1.807) is 12.1 Å². The lowest BCUT2D eigenvalue weighted by Gasteiger charge is -2.20. The number of ether oxygens (including phenoxy) is 1. The van der Waals surface area contributed by atoms with E-state index in [1.165, 1.54) is 0 Å². The van der Waals surface area contributed by atoms with E-state index in [9.17, 15) is 9.59 Å². The van der Waals surface area contributed by atoms with Gasteiger partial charge in [0.2, 0.25) is 0 Å². The first-order chi connectivity index (χ1) is 8.99. The molecule has 0 saturated heterocycles. The van der Waals surface area contributed by atoms with Crippen LogP contribution in [0.1, 0.15) is 20.3 Å². The largest absolute Gasteiger partial charge is 0.484 e. The summed E-state index contributed by atoms with van der Waals surface area (Å²) in [5, 5.41) is 11.4. The third-order valence-electron chi connectivity index (χ3n) is 2.66. The number of nitrogens with one attached hydrogen (secondary N) is 1. The summed E-state index contributed by atoms with van der Waals surface area (Å²) in [6, 6.07) is 8.61. The standard InChI is InChI=1S/C14H19NO4/c1-10(2)12(8-14(17)18)15-13(16)9-19-11-6-4-3-5-7-11/h3-7,10,12H,8-9H2,1-2H3,(H,15,16)(H,17,18). The Kier molecular flexibility index (Phi) is 5.85. The molecule has 19 heavy (non-hydrogen) atoms. The Balaban J connectivity index is 2.42. The first kappa shape index (κ1) is 15.0. The van der Waals surface area contributed by atoms with Crippen molar-refractivity contribution in [3.63, 3.8) is 0 Å². The fraction of sp³-hybridized carbons (Fsp3) is 0.429. The van der Waals surface area contributed by atoms with Crippen LogP contribution in [0, 0.1) is 5.92 Å². The molecule has 5 nitrogen and oxygen atoms in total. The maximum Gasteiger partial charge on any atom is 0.305 e. The number of aliphatic carboxylic acids is 1. The lowest BCUT2D eigenvalue weighted by molar-refractivity contribution is -0.138. The Hall–Kier alpha value is -2.04. The van der Waals surface area contributed by atoms with Crippen molar-refractivity contribution in [2.45, 2.75) is 26.3 Å². The average Bonchev–Trinajstić information content (AvgIpc) is 2.36. The van der Waals surface area contributed by atoms with E-state index in [2.05, 4.69) is 5.32 Å². The molecule has 104 valence electrons. The molecule has 0 fully saturated rings. The molecule has 1 atom stereocenters. The number of carbonyl (C=O) groups excluding carboxylic acids is 1. The van der Waals surface area contributed by atoms with Gasteiger partial charge in [-0.05, 0) is 18.1 Å². The van der Waals surface area contributed by atoms with Crippen molar-refractivity contribution < 1.29 is 19.4 Å². The van der Waals surface area contributed by atoms with Crippen molar-refractivity contribution >= 4 is 11.9 Å². The SMILES string of the molecule is CC(C)C(CC(=O)O)NC(=O)COc1ccccc1. The number of benzene rings is 1. The van der Waals surface area contributed by atoms with Gasteiger partial charge >= 0.3 is 5.97 Å². The van der Waals surface area contributed by atoms with Crippen LogP contribution in [-0.4, -0.2) is 29.6 Å². The lowest BCUT2D eigenvalue weighted by atomic mass is 10.0. The second-order valence-corrected chi connectivity index (χ2v) is 4.62. The molecule has 1 aromatic carbocycles. The minimum Gasteiger partial charge on any atom is -0.484 e. The number of amides is 1. The molecule has 1 amide bonds. The quantitative estimate of drug-likeness (QED) is 0.786. The molecule has 1 rings (SSSR count). The maximum atomic E-state index is 11.7. The molecule has 0 aliphatic heterocycles. The summed E-state index contributed by atoms with van der Waals surface area (Å²) in [5.74, 6) is -0.583. The number of hydrogen-bond donors (Lipinski definition) is 2. The van der Waals surface area contributed by atoms with Gasteiger partial charge in [0.1, 0.15) is 5.75 Å². The van der Waals surface area contributed by atoms with Crippen LogP contribution in [-0.2, 0) is 9.59 Å². The molecule has 0 radical (unpaired) electrons. The lowest BCUT2D eigenvalue weighted by Crippen LogP contribution is -2.42. The number of carbonyl (C=O) groups is 2. The van der Waals surface area contributed by atoms with Gasteiger partial charge < -0.3 is 15.2 Å². The molecule has 0 aliphatic rings. The van der Waals surface area contributed by atoms with Crippen LogP contribution in [0.4, 0.5) is 0 Å². The fourth-order valence-electron chi connectivity index (χ4n) is 1.56. The van der Waals surface area contributed by atoms with Gasteiger partial charge in [0.05, 0.1) is 6.42 Å². The van der Waals surface area contributed by atoms with Crippen LogP contribution in [0.25, 0.3) is 0 Å².